The summed E-state index contributed by atoms with van der Waals surface area (Å²) >= 11 is 4.80. The number of sulfonamides is 1. The molecule has 1 aliphatic rings. The van der Waals surface area contributed by atoms with Crippen molar-refractivity contribution in [1.82, 2.24) is 4.72 Å². The summed E-state index contributed by atoms with van der Waals surface area (Å²) in [6.07, 6.45) is 0.540. The molecule has 0 amide bonds. The molecule has 1 aromatic carbocycles. The van der Waals surface area contributed by atoms with Crippen LogP contribution in [-0.4, -0.2) is 25.5 Å². The van der Waals surface area contributed by atoms with E-state index >= 15 is 0 Å². The number of thioether (sulfide) groups is 1. The second kappa shape index (κ2) is 5.21. The van der Waals surface area contributed by atoms with Gasteiger partial charge in [-0.3, -0.25) is 0 Å². The van der Waals surface area contributed by atoms with Crippen molar-refractivity contribution in [2.75, 3.05) is 11.5 Å². The fraction of sp³-hybridized carbons (Fsp3) is 0.364. The van der Waals surface area contributed by atoms with Crippen LogP contribution in [0, 0.1) is 11.3 Å². The number of halogens is 1. The van der Waals surface area contributed by atoms with Gasteiger partial charge in [-0.15, -0.1) is 0 Å². The fourth-order valence-corrected chi connectivity index (χ4v) is 5.44. The van der Waals surface area contributed by atoms with Crippen LogP contribution in [0.1, 0.15) is 6.42 Å². The first-order chi connectivity index (χ1) is 8.49. The summed E-state index contributed by atoms with van der Waals surface area (Å²) in [5, 5.41) is 9.19. The first-order valence-corrected chi connectivity index (χ1v) is 8.70. The monoisotopic (exact) mass is 346 g/mol. The van der Waals surface area contributed by atoms with Crippen LogP contribution in [0.5, 0.6) is 0 Å². The molecule has 0 saturated carbocycles. The van der Waals surface area contributed by atoms with Crippen molar-refractivity contribution in [1.29, 1.82) is 5.26 Å². The lowest BCUT2D eigenvalue weighted by atomic mass is 10.0. The number of hydrogen-bond acceptors (Lipinski definition) is 4. The van der Waals surface area contributed by atoms with Gasteiger partial charge in [-0.1, -0.05) is 12.1 Å². The van der Waals surface area contributed by atoms with Gasteiger partial charge in [-0.05, 0) is 40.2 Å². The van der Waals surface area contributed by atoms with Gasteiger partial charge in [-0.25, -0.2) is 8.42 Å². The van der Waals surface area contributed by atoms with E-state index in [9.17, 15) is 13.7 Å². The maximum Gasteiger partial charge on any atom is 0.243 e. The molecule has 1 saturated heterocycles. The van der Waals surface area contributed by atoms with Crippen molar-refractivity contribution in [2.24, 2.45) is 0 Å². The molecule has 0 aliphatic carbocycles. The Balaban J connectivity index is 2.34. The maximum atomic E-state index is 12.3. The highest BCUT2D eigenvalue weighted by molar-refractivity contribution is 9.10. The van der Waals surface area contributed by atoms with Gasteiger partial charge in [0.25, 0.3) is 0 Å². The normalized spacial score (nSPS) is 23.8. The minimum absolute atomic E-state index is 0.163. The highest BCUT2D eigenvalue weighted by Crippen LogP contribution is 2.30. The van der Waals surface area contributed by atoms with Gasteiger partial charge in [0.2, 0.25) is 10.0 Å². The van der Waals surface area contributed by atoms with Crippen molar-refractivity contribution in [3.05, 3.63) is 28.7 Å². The van der Waals surface area contributed by atoms with Crippen molar-refractivity contribution in [3.8, 4) is 6.07 Å². The molecule has 96 valence electrons. The van der Waals surface area contributed by atoms with Crippen LogP contribution in [0.2, 0.25) is 0 Å². The van der Waals surface area contributed by atoms with Gasteiger partial charge in [0, 0.05) is 10.2 Å². The van der Waals surface area contributed by atoms with E-state index in [0.29, 0.717) is 16.6 Å². The summed E-state index contributed by atoms with van der Waals surface area (Å²) < 4.78 is 27.6. The third-order valence-corrected chi connectivity index (χ3v) is 6.43. The Labute approximate surface area is 119 Å². The SMILES string of the molecule is N#C[C@]1(NS(=O)(=O)c2ccccc2Br)CCSC1. The van der Waals surface area contributed by atoms with Crippen LogP contribution < -0.4 is 4.72 Å². The van der Waals surface area contributed by atoms with Gasteiger partial charge < -0.3 is 0 Å². The molecular formula is C11H11BrN2O2S2. The topological polar surface area (TPSA) is 70.0 Å². The van der Waals surface area contributed by atoms with Crippen molar-refractivity contribution >= 4 is 37.7 Å². The van der Waals surface area contributed by atoms with Crippen LogP contribution in [-0.2, 0) is 10.0 Å². The fourth-order valence-electron chi connectivity index (χ4n) is 1.73. The molecule has 1 fully saturated rings. The summed E-state index contributed by atoms with van der Waals surface area (Å²) in [7, 11) is -3.68. The molecule has 18 heavy (non-hydrogen) atoms. The highest BCUT2D eigenvalue weighted by Gasteiger charge is 2.39. The van der Waals surface area contributed by atoms with Crippen LogP contribution in [0.4, 0.5) is 0 Å². The number of benzene rings is 1. The average molecular weight is 347 g/mol. The zero-order chi connectivity index (χ0) is 13.2. The van der Waals surface area contributed by atoms with E-state index in [2.05, 4.69) is 26.7 Å². The predicted octanol–water partition coefficient (Wildman–Crippen LogP) is 2.13. The molecule has 1 aliphatic heterocycles. The molecule has 4 nitrogen and oxygen atoms in total. The Kier molecular flexibility index (Phi) is 4.02. The van der Waals surface area contributed by atoms with Crippen molar-refractivity contribution < 1.29 is 8.42 Å². The van der Waals surface area contributed by atoms with E-state index < -0.39 is 15.6 Å². The second-order valence-corrected chi connectivity index (χ2v) is 7.64. The summed E-state index contributed by atoms with van der Waals surface area (Å²) in [6.45, 7) is 0. The summed E-state index contributed by atoms with van der Waals surface area (Å²) in [5.41, 5.74) is -0.973. The Morgan fingerprint density at radius 1 is 1.44 bits per heavy atom. The molecule has 7 heteroatoms. The molecule has 2 rings (SSSR count). The van der Waals surface area contributed by atoms with E-state index in [1.54, 1.807) is 30.0 Å². The number of nitrogens with one attached hydrogen (secondary N) is 1. The van der Waals surface area contributed by atoms with E-state index in [0.717, 1.165) is 5.75 Å². The molecule has 0 unspecified atom stereocenters. The van der Waals surface area contributed by atoms with E-state index in [-0.39, 0.29) is 4.90 Å². The molecule has 0 bridgehead atoms. The van der Waals surface area contributed by atoms with Crippen LogP contribution in [0.15, 0.2) is 33.6 Å². The third-order valence-electron chi connectivity index (χ3n) is 2.69. The van der Waals surface area contributed by atoms with Crippen LogP contribution >= 0.6 is 27.7 Å². The van der Waals surface area contributed by atoms with E-state index in [1.807, 2.05) is 0 Å². The Morgan fingerprint density at radius 3 is 2.72 bits per heavy atom. The Morgan fingerprint density at radius 2 is 2.17 bits per heavy atom. The van der Waals surface area contributed by atoms with Crippen molar-refractivity contribution in [3.63, 3.8) is 0 Å². The number of nitriles is 1. The highest BCUT2D eigenvalue weighted by atomic mass is 79.9. The molecule has 1 N–H and O–H groups in total. The summed E-state index contributed by atoms with van der Waals surface area (Å²) in [4.78, 5) is 0.163. The van der Waals surface area contributed by atoms with Gasteiger partial charge in [0.05, 0.1) is 11.0 Å². The minimum Gasteiger partial charge on any atom is -0.207 e. The third kappa shape index (κ3) is 2.72. The van der Waals surface area contributed by atoms with Gasteiger partial charge >= 0.3 is 0 Å². The maximum absolute atomic E-state index is 12.3. The quantitative estimate of drug-likeness (QED) is 0.909. The van der Waals surface area contributed by atoms with Crippen LogP contribution in [0.25, 0.3) is 0 Å². The predicted molar refractivity (Wildman–Crippen MR) is 74.7 cm³/mol. The van der Waals surface area contributed by atoms with Gasteiger partial charge in [0.1, 0.15) is 5.54 Å². The molecule has 0 spiro atoms. The largest absolute Gasteiger partial charge is 0.243 e. The van der Waals surface area contributed by atoms with Gasteiger partial charge in [-0.2, -0.15) is 21.7 Å². The first-order valence-electron chi connectivity index (χ1n) is 5.27. The number of hydrogen-bond donors (Lipinski definition) is 1. The standard InChI is InChI=1S/C11H11BrN2O2S2/c12-9-3-1-2-4-10(9)18(15,16)14-11(7-13)5-6-17-8-11/h1-4,14H,5-6,8H2/t11-/m1/s1. The molecular weight excluding hydrogens is 336 g/mol. The molecule has 1 aromatic rings. The first kappa shape index (κ1) is 13.9. The zero-order valence-corrected chi connectivity index (χ0v) is 12.6. The molecule has 0 aromatic heterocycles. The Bertz CT molecular complexity index is 589. The number of rotatable bonds is 3. The van der Waals surface area contributed by atoms with Crippen molar-refractivity contribution in [2.45, 2.75) is 16.9 Å². The Hall–Kier alpha value is -0.550. The zero-order valence-electron chi connectivity index (χ0n) is 9.39. The number of nitrogens with zero attached hydrogens (tertiary/aromatic N) is 1. The van der Waals surface area contributed by atoms with Gasteiger partial charge in [0.15, 0.2) is 0 Å². The molecule has 0 radical (unpaired) electrons. The lowest BCUT2D eigenvalue weighted by Gasteiger charge is -2.21. The molecule has 1 heterocycles. The van der Waals surface area contributed by atoms with E-state index in [1.165, 1.54) is 6.07 Å². The lowest BCUT2D eigenvalue weighted by Crippen LogP contribution is -2.47. The minimum atomic E-state index is -3.68. The van der Waals surface area contributed by atoms with E-state index in [4.69, 9.17) is 0 Å². The summed E-state index contributed by atoms with van der Waals surface area (Å²) in [6, 6.07) is 8.67. The smallest absolute Gasteiger partial charge is 0.207 e. The second-order valence-electron chi connectivity index (χ2n) is 4.03. The van der Waals surface area contributed by atoms with Crippen LogP contribution in [0.3, 0.4) is 0 Å². The molecule has 1 atom stereocenters. The lowest BCUT2D eigenvalue weighted by molar-refractivity contribution is 0.514. The average Bonchev–Trinajstić information content (AvgIpc) is 2.78. The summed E-state index contributed by atoms with van der Waals surface area (Å²) in [5.74, 6) is 1.29.